The molecule has 0 bridgehead atoms. The number of nitrogens with one attached hydrogen (secondary N) is 2. The van der Waals surface area contributed by atoms with E-state index in [1.54, 1.807) is 0 Å². The van der Waals surface area contributed by atoms with Crippen molar-refractivity contribution in [1.82, 2.24) is 10.6 Å². The van der Waals surface area contributed by atoms with E-state index in [1.165, 1.54) is 5.56 Å². The minimum Gasteiger partial charge on any atom is -0.480 e. The second kappa shape index (κ2) is 11.8. The maximum Gasteiger partial charge on any atom is 0.326 e. The molecular formula is C28H36N2O4S. The van der Waals surface area contributed by atoms with Crippen molar-refractivity contribution >= 4 is 30.4 Å². The quantitative estimate of drug-likeness (QED) is 0.363. The van der Waals surface area contributed by atoms with Gasteiger partial charge >= 0.3 is 5.97 Å². The number of hydrogen-bond acceptors (Lipinski definition) is 4. The Morgan fingerprint density at radius 2 is 1.51 bits per heavy atom. The van der Waals surface area contributed by atoms with Crippen LogP contribution in [0.4, 0.5) is 0 Å². The number of aliphatic carboxylic acids is 1. The molecule has 0 aliphatic heterocycles. The molecule has 0 aromatic heterocycles. The zero-order valence-corrected chi connectivity index (χ0v) is 21.6. The molecule has 1 saturated carbocycles. The molecule has 2 atom stereocenters. The van der Waals surface area contributed by atoms with Crippen LogP contribution in [0.25, 0.3) is 11.1 Å². The van der Waals surface area contributed by atoms with Crippen molar-refractivity contribution in [2.45, 2.75) is 76.1 Å². The number of rotatable bonds is 10. The van der Waals surface area contributed by atoms with Gasteiger partial charge < -0.3 is 15.7 Å². The lowest BCUT2D eigenvalue weighted by molar-refractivity contribution is -0.143. The zero-order valence-electron chi connectivity index (χ0n) is 20.7. The summed E-state index contributed by atoms with van der Waals surface area (Å²) in [4.78, 5) is 38.1. The summed E-state index contributed by atoms with van der Waals surface area (Å²) >= 11 is 4.41. The van der Waals surface area contributed by atoms with Gasteiger partial charge in [0.25, 0.3) is 0 Å². The van der Waals surface area contributed by atoms with Crippen LogP contribution in [0.15, 0.2) is 48.5 Å². The monoisotopic (exact) mass is 496 g/mol. The number of amides is 2. The van der Waals surface area contributed by atoms with Crippen LogP contribution in [0.1, 0.15) is 57.1 Å². The fourth-order valence-electron chi connectivity index (χ4n) is 4.57. The molecule has 0 unspecified atom stereocenters. The van der Waals surface area contributed by atoms with Crippen LogP contribution in [-0.4, -0.2) is 39.7 Å². The van der Waals surface area contributed by atoms with E-state index in [0.717, 1.165) is 29.5 Å². The maximum atomic E-state index is 13.3. The predicted octanol–water partition coefficient (Wildman–Crippen LogP) is 4.55. The van der Waals surface area contributed by atoms with Crippen molar-refractivity contribution in [1.29, 1.82) is 0 Å². The first-order valence-electron chi connectivity index (χ1n) is 12.3. The first-order valence-corrected chi connectivity index (χ1v) is 12.8. The van der Waals surface area contributed by atoms with E-state index in [-0.39, 0.29) is 12.3 Å². The normalized spacial score (nSPS) is 16.5. The molecule has 188 valence electrons. The summed E-state index contributed by atoms with van der Waals surface area (Å²) in [6.07, 6.45) is 3.33. The van der Waals surface area contributed by atoms with Gasteiger partial charge in [-0.1, -0.05) is 80.8 Å². The number of aryl methyl sites for hydroxylation is 1. The van der Waals surface area contributed by atoms with Gasteiger partial charge in [-0.3, -0.25) is 9.59 Å². The van der Waals surface area contributed by atoms with Crippen LogP contribution in [-0.2, 0) is 20.8 Å². The summed E-state index contributed by atoms with van der Waals surface area (Å²) in [5.41, 5.74) is 3.04. The molecule has 3 N–H and O–H groups in total. The molecule has 0 spiro atoms. The van der Waals surface area contributed by atoms with Crippen molar-refractivity contribution in [2.24, 2.45) is 5.92 Å². The molecule has 3 rings (SSSR count). The van der Waals surface area contributed by atoms with E-state index < -0.39 is 28.7 Å². The van der Waals surface area contributed by atoms with Gasteiger partial charge in [0.05, 0.1) is 5.25 Å². The number of hydrogen-bond donors (Lipinski definition) is 4. The third-order valence-corrected chi connectivity index (χ3v) is 7.08. The van der Waals surface area contributed by atoms with Gasteiger partial charge in [-0.15, -0.1) is 0 Å². The molecule has 6 nitrogen and oxygen atoms in total. The van der Waals surface area contributed by atoms with E-state index in [4.69, 9.17) is 0 Å². The molecule has 1 aliphatic rings. The fourth-order valence-corrected chi connectivity index (χ4v) is 5.06. The Bertz CT molecular complexity index is 1030. The first-order chi connectivity index (χ1) is 16.6. The molecule has 2 aromatic carbocycles. The van der Waals surface area contributed by atoms with Crippen LogP contribution in [0, 0.1) is 12.8 Å². The lowest BCUT2D eigenvalue weighted by atomic mass is 9.94. The Morgan fingerprint density at radius 3 is 2.03 bits per heavy atom. The van der Waals surface area contributed by atoms with Gasteiger partial charge in [0.2, 0.25) is 11.8 Å². The number of thiol groups is 1. The zero-order chi connectivity index (χ0) is 25.6. The number of carbonyl (C=O) groups excluding carboxylic acids is 2. The molecule has 0 saturated heterocycles. The SMILES string of the molecule is Cc1ccc(-c2ccc(C[C@H](NC(=O)C3(NC(=O)[C@@H](S)CC(C)C)CCCC3)C(=O)O)cc2)cc1. The van der Waals surface area contributed by atoms with E-state index in [1.807, 2.05) is 45.0 Å². The molecule has 2 aromatic rings. The smallest absolute Gasteiger partial charge is 0.326 e. The van der Waals surface area contributed by atoms with Crippen molar-refractivity contribution < 1.29 is 19.5 Å². The summed E-state index contributed by atoms with van der Waals surface area (Å²) in [7, 11) is 0. The molecule has 1 fully saturated rings. The van der Waals surface area contributed by atoms with Crippen molar-refractivity contribution in [3.8, 4) is 11.1 Å². The first kappa shape index (κ1) is 26.8. The summed E-state index contributed by atoms with van der Waals surface area (Å²) < 4.78 is 0. The van der Waals surface area contributed by atoms with Crippen LogP contribution < -0.4 is 10.6 Å². The highest BCUT2D eigenvalue weighted by molar-refractivity contribution is 7.81. The van der Waals surface area contributed by atoms with Crippen molar-refractivity contribution in [3.05, 3.63) is 59.7 Å². The van der Waals surface area contributed by atoms with E-state index in [0.29, 0.717) is 25.2 Å². The average molecular weight is 497 g/mol. The highest BCUT2D eigenvalue weighted by atomic mass is 32.1. The summed E-state index contributed by atoms with van der Waals surface area (Å²) in [6, 6.07) is 14.8. The van der Waals surface area contributed by atoms with E-state index in [2.05, 4.69) is 47.5 Å². The highest BCUT2D eigenvalue weighted by Crippen LogP contribution is 2.31. The maximum absolute atomic E-state index is 13.3. The van der Waals surface area contributed by atoms with Crippen molar-refractivity contribution in [2.75, 3.05) is 0 Å². The molecule has 1 aliphatic carbocycles. The van der Waals surface area contributed by atoms with Crippen LogP contribution >= 0.6 is 12.6 Å². The van der Waals surface area contributed by atoms with Crippen molar-refractivity contribution in [3.63, 3.8) is 0 Å². The Balaban J connectivity index is 1.69. The minimum atomic E-state index is -1.10. The standard InChI is InChI=1S/C28H36N2O4S/c1-18(2)16-24(35)25(31)30-28(14-4-5-15-28)27(34)29-23(26(32)33)17-20-8-12-22(13-9-20)21-10-6-19(3)7-11-21/h6-13,18,23-24,35H,4-5,14-17H2,1-3H3,(H,29,34)(H,30,31)(H,32,33)/t23-,24-/m0/s1. The Kier molecular flexibility index (Phi) is 9.00. The molecule has 0 radical (unpaired) electrons. The largest absolute Gasteiger partial charge is 0.480 e. The molecular weight excluding hydrogens is 460 g/mol. The van der Waals surface area contributed by atoms with Crippen LogP contribution in [0.5, 0.6) is 0 Å². The average Bonchev–Trinajstić information content (AvgIpc) is 3.29. The number of benzene rings is 2. The molecule has 7 heteroatoms. The highest BCUT2D eigenvalue weighted by Gasteiger charge is 2.44. The lowest BCUT2D eigenvalue weighted by Gasteiger charge is -2.31. The summed E-state index contributed by atoms with van der Waals surface area (Å²) in [5, 5.41) is 14.9. The molecule has 0 heterocycles. The van der Waals surface area contributed by atoms with Gasteiger partial charge in [-0.2, -0.15) is 12.6 Å². The Labute approximate surface area is 213 Å². The topological polar surface area (TPSA) is 95.5 Å². The minimum absolute atomic E-state index is 0.155. The number of carboxylic acids is 1. The lowest BCUT2D eigenvalue weighted by Crippen LogP contribution is -2.61. The Hall–Kier alpha value is -2.80. The summed E-state index contributed by atoms with van der Waals surface area (Å²) in [6.45, 7) is 6.06. The third kappa shape index (κ3) is 7.10. The van der Waals surface area contributed by atoms with Gasteiger partial charge in [0.1, 0.15) is 11.6 Å². The number of carbonyl (C=O) groups is 3. The van der Waals surface area contributed by atoms with Gasteiger partial charge in [-0.25, -0.2) is 4.79 Å². The second-order valence-corrected chi connectivity index (χ2v) is 10.7. The molecule has 35 heavy (non-hydrogen) atoms. The predicted molar refractivity (Wildman–Crippen MR) is 141 cm³/mol. The van der Waals surface area contributed by atoms with Gasteiger partial charge in [-0.05, 0) is 48.8 Å². The van der Waals surface area contributed by atoms with Crippen LogP contribution in [0.3, 0.4) is 0 Å². The van der Waals surface area contributed by atoms with E-state index in [9.17, 15) is 19.5 Å². The fraction of sp³-hybridized carbons (Fsp3) is 0.464. The van der Waals surface area contributed by atoms with Gasteiger partial charge in [0.15, 0.2) is 0 Å². The number of carboxylic acid groups (broad SMARTS) is 1. The molecule has 2 amide bonds. The second-order valence-electron chi connectivity index (χ2n) is 10.1. The summed E-state index contributed by atoms with van der Waals surface area (Å²) in [5.74, 6) is -1.52. The third-order valence-electron chi connectivity index (χ3n) is 6.63. The Morgan fingerprint density at radius 1 is 0.971 bits per heavy atom. The van der Waals surface area contributed by atoms with E-state index >= 15 is 0 Å². The van der Waals surface area contributed by atoms with Crippen LogP contribution in [0.2, 0.25) is 0 Å². The van der Waals surface area contributed by atoms with Gasteiger partial charge in [0, 0.05) is 6.42 Å².